The van der Waals surface area contributed by atoms with E-state index in [1.807, 2.05) is 18.3 Å². The lowest BCUT2D eigenvalue weighted by atomic mass is 9.89. The fraction of sp³-hybridized carbons (Fsp3) is 0.667. The summed E-state index contributed by atoms with van der Waals surface area (Å²) in [6, 6.07) is 3.92. The molecule has 0 radical (unpaired) electrons. The predicted octanol–water partition coefficient (Wildman–Crippen LogP) is 3.86. The van der Waals surface area contributed by atoms with Gasteiger partial charge in [-0.25, -0.2) is 4.98 Å². The Hall–Kier alpha value is -1.25. The molecule has 0 aliphatic heterocycles. The van der Waals surface area contributed by atoms with Crippen molar-refractivity contribution in [3.63, 3.8) is 0 Å². The second-order valence-electron chi connectivity index (χ2n) is 5.08. The zero-order valence-electron chi connectivity index (χ0n) is 11.3. The van der Waals surface area contributed by atoms with Crippen LogP contribution in [0.1, 0.15) is 45.4 Å². The number of anilines is 1. The minimum atomic E-state index is 0.754. The molecular weight excluding hydrogens is 224 g/mol. The summed E-state index contributed by atoms with van der Waals surface area (Å²) in [6.45, 7) is 3.90. The molecule has 100 valence electrons. The Morgan fingerprint density at radius 3 is 2.94 bits per heavy atom. The van der Waals surface area contributed by atoms with Gasteiger partial charge in [-0.1, -0.05) is 26.2 Å². The van der Waals surface area contributed by atoms with Gasteiger partial charge in [0, 0.05) is 12.7 Å². The summed E-state index contributed by atoms with van der Waals surface area (Å²) >= 11 is 0. The molecule has 0 bridgehead atoms. The third-order valence-corrected chi connectivity index (χ3v) is 3.52. The van der Waals surface area contributed by atoms with Gasteiger partial charge in [0.25, 0.3) is 0 Å². The van der Waals surface area contributed by atoms with E-state index in [9.17, 15) is 0 Å². The molecule has 1 aliphatic rings. The molecule has 0 spiro atoms. The Morgan fingerprint density at radius 1 is 1.33 bits per heavy atom. The highest BCUT2D eigenvalue weighted by Crippen LogP contribution is 2.26. The van der Waals surface area contributed by atoms with Crippen molar-refractivity contribution in [2.24, 2.45) is 5.92 Å². The molecule has 0 aromatic carbocycles. The lowest BCUT2D eigenvalue weighted by molar-refractivity contribution is 0.317. The van der Waals surface area contributed by atoms with Crippen molar-refractivity contribution in [3.05, 3.63) is 18.3 Å². The first-order valence-corrected chi connectivity index (χ1v) is 7.22. The monoisotopic (exact) mass is 248 g/mol. The molecule has 3 heteroatoms. The molecule has 1 aliphatic carbocycles. The summed E-state index contributed by atoms with van der Waals surface area (Å²) < 4.78 is 5.70. The van der Waals surface area contributed by atoms with E-state index in [0.717, 1.165) is 37.1 Å². The Balaban J connectivity index is 1.87. The quantitative estimate of drug-likeness (QED) is 0.830. The van der Waals surface area contributed by atoms with Crippen molar-refractivity contribution >= 4 is 5.82 Å². The zero-order valence-corrected chi connectivity index (χ0v) is 11.3. The normalized spacial score (nSPS) is 16.5. The summed E-state index contributed by atoms with van der Waals surface area (Å²) in [6.07, 6.45) is 9.72. The van der Waals surface area contributed by atoms with E-state index in [1.165, 1.54) is 32.1 Å². The fourth-order valence-electron chi connectivity index (χ4n) is 2.48. The van der Waals surface area contributed by atoms with Crippen LogP contribution in [0.3, 0.4) is 0 Å². The first-order valence-electron chi connectivity index (χ1n) is 7.22. The largest absolute Gasteiger partial charge is 0.490 e. The number of ether oxygens (including phenoxy) is 1. The van der Waals surface area contributed by atoms with Crippen LogP contribution in [0.15, 0.2) is 18.3 Å². The van der Waals surface area contributed by atoms with Gasteiger partial charge >= 0.3 is 0 Å². The van der Waals surface area contributed by atoms with Gasteiger partial charge in [-0.05, 0) is 37.3 Å². The number of nitrogens with one attached hydrogen (secondary N) is 1. The second kappa shape index (κ2) is 7.24. The lowest BCUT2D eigenvalue weighted by Gasteiger charge is -2.22. The molecule has 18 heavy (non-hydrogen) atoms. The highest BCUT2D eigenvalue weighted by Gasteiger charge is 2.14. The number of aromatic nitrogens is 1. The van der Waals surface area contributed by atoms with Crippen LogP contribution in [0.25, 0.3) is 0 Å². The fourth-order valence-corrected chi connectivity index (χ4v) is 2.48. The van der Waals surface area contributed by atoms with Crippen LogP contribution in [0.4, 0.5) is 5.82 Å². The molecule has 3 nitrogen and oxygen atoms in total. The minimum Gasteiger partial charge on any atom is -0.490 e. The van der Waals surface area contributed by atoms with E-state index >= 15 is 0 Å². The molecule has 0 atom stereocenters. The molecule has 1 fully saturated rings. The van der Waals surface area contributed by atoms with E-state index in [1.54, 1.807) is 0 Å². The average Bonchev–Trinajstić information content (AvgIpc) is 2.45. The predicted molar refractivity (Wildman–Crippen MR) is 75.1 cm³/mol. The van der Waals surface area contributed by atoms with Crippen molar-refractivity contribution in [1.29, 1.82) is 0 Å². The van der Waals surface area contributed by atoms with Crippen molar-refractivity contribution in [1.82, 2.24) is 4.98 Å². The summed E-state index contributed by atoms with van der Waals surface area (Å²) in [5.41, 5.74) is 0. The topological polar surface area (TPSA) is 34.1 Å². The van der Waals surface area contributed by atoms with Crippen molar-refractivity contribution in [2.45, 2.75) is 45.4 Å². The van der Waals surface area contributed by atoms with E-state index in [0.29, 0.717) is 0 Å². The molecule has 1 aromatic rings. The summed E-state index contributed by atoms with van der Waals surface area (Å²) in [7, 11) is 0. The Morgan fingerprint density at radius 2 is 2.17 bits per heavy atom. The molecule has 2 rings (SSSR count). The van der Waals surface area contributed by atoms with E-state index in [4.69, 9.17) is 4.74 Å². The smallest absolute Gasteiger partial charge is 0.168 e. The van der Waals surface area contributed by atoms with Gasteiger partial charge < -0.3 is 10.1 Å². The van der Waals surface area contributed by atoms with Gasteiger partial charge in [0.05, 0.1) is 6.61 Å². The summed E-state index contributed by atoms with van der Waals surface area (Å²) in [5.74, 6) is 2.59. The maximum Gasteiger partial charge on any atom is 0.168 e. The van der Waals surface area contributed by atoms with E-state index < -0.39 is 0 Å². The molecule has 0 saturated heterocycles. The third kappa shape index (κ3) is 3.90. The molecule has 1 saturated carbocycles. The van der Waals surface area contributed by atoms with Crippen LogP contribution in [0, 0.1) is 5.92 Å². The molecule has 0 unspecified atom stereocenters. The molecular formula is C15H24N2O. The number of nitrogens with zero attached hydrogens (tertiary/aromatic N) is 1. The van der Waals surface area contributed by atoms with Crippen LogP contribution in [-0.4, -0.2) is 18.1 Å². The van der Waals surface area contributed by atoms with Crippen LogP contribution >= 0.6 is 0 Å². The second-order valence-corrected chi connectivity index (χ2v) is 5.08. The van der Waals surface area contributed by atoms with Gasteiger partial charge in [0.1, 0.15) is 0 Å². The number of hydrogen-bond donors (Lipinski definition) is 1. The number of pyridine rings is 1. The molecule has 1 N–H and O–H groups in total. The zero-order chi connectivity index (χ0) is 12.6. The Bertz CT molecular complexity index is 348. The first kappa shape index (κ1) is 13.2. The average molecular weight is 248 g/mol. The van der Waals surface area contributed by atoms with E-state index in [-0.39, 0.29) is 0 Å². The minimum absolute atomic E-state index is 0.754. The van der Waals surface area contributed by atoms with Gasteiger partial charge in [-0.3, -0.25) is 0 Å². The Kier molecular flexibility index (Phi) is 5.31. The summed E-state index contributed by atoms with van der Waals surface area (Å²) in [5, 5.41) is 3.46. The number of hydrogen-bond acceptors (Lipinski definition) is 3. The lowest BCUT2D eigenvalue weighted by Crippen LogP contribution is -2.18. The van der Waals surface area contributed by atoms with Crippen molar-refractivity contribution < 1.29 is 4.74 Å². The van der Waals surface area contributed by atoms with Gasteiger partial charge in [0.2, 0.25) is 0 Å². The van der Waals surface area contributed by atoms with Crippen LogP contribution in [0.2, 0.25) is 0 Å². The van der Waals surface area contributed by atoms with Gasteiger partial charge in [-0.2, -0.15) is 0 Å². The van der Waals surface area contributed by atoms with Crippen molar-refractivity contribution in [3.8, 4) is 5.75 Å². The SMILES string of the molecule is CCCOc1cccnc1NCC1CCCCC1. The van der Waals surface area contributed by atoms with Crippen molar-refractivity contribution in [2.75, 3.05) is 18.5 Å². The standard InChI is InChI=1S/C15H24N2O/c1-2-11-18-14-9-6-10-16-15(14)17-12-13-7-4-3-5-8-13/h6,9-10,13H,2-5,7-8,11-12H2,1H3,(H,16,17). The highest BCUT2D eigenvalue weighted by atomic mass is 16.5. The summed E-state index contributed by atoms with van der Waals surface area (Å²) in [4.78, 5) is 4.38. The highest BCUT2D eigenvalue weighted by molar-refractivity contribution is 5.49. The maximum absolute atomic E-state index is 5.70. The number of rotatable bonds is 6. The van der Waals surface area contributed by atoms with Gasteiger partial charge in [-0.15, -0.1) is 0 Å². The first-order chi connectivity index (χ1) is 8.90. The molecule has 1 heterocycles. The Labute approximate surface area is 110 Å². The van der Waals surface area contributed by atoms with E-state index in [2.05, 4.69) is 17.2 Å². The van der Waals surface area contributed by atoms with Crippen LogP contribution < -0.4 is 10.1 Å². The van der Waals surface area contributed by atoms with Gasteiger partial charge in [0.15, 0.2) is 11.6 Å². The molecule has 0 amide bonds. The van der Waals surface area contributed by atoms with Crippen LogP contribution in [-0.2, 0) is 0 Å². The third-order valence-electron chi connectivity index (χ3n) is 3.52. The maximum atomic E-state index is 5.70. The van der Waals surface area contributed by atoms with Crippen LogP contribution in [0.5, 0.6) is 5.75 Å². The molecule has 1 aromatic heterocycles.